The fourth-order valence-electron chi connectivity index (χ4n) is 10.9. The van der Waals surface area contributed by atoms with Crippen LogP contribution < -0.4 is 0 Å². The first-order valence-corrected chi connectivity index (χ1v) is 16.3. The molecule has 6 rings (SSSR count). The van der Waals surface area contributed by atoms with Crippen molar-refractivity contribution in [3.05, 3.63) is 47.5 Å². The highest BCUT2D eigenvalue weighted by Crippen LogP contribution is 2.74. The number of fused-ring (bicyclic) bond motifs is 7. The maximum atomic E-state index is 14.5. The number of hydrogen-bond acceptors (Lipinski definition) is 5. The third-order valence-electron chi connectivity index (χ3n) is 13.6. The van der Waals surface area contributed by atoms with E-state index in [0.717, 1.165) is 50.5 Å². The van der Waals surface area contributed by atoms with E-state index in [-0.39, 0.29) is 63.7 Å². The lowest BCUT2D eigenvalue weighted by Crippen LogP contribution is -2.65. The number of ether oxygens (including phenoxy) is 2. The van der Waals surface area contributed by atoms with E-state index in [2.05, 4.69) is 34.6 Å². The van der Waals surface area contributed by atoms with Crippen LogP contribution in [0.15, 0.2) is 42.0 Å². The van der Waals surface area contributed by atoms with Crippen LogP contribution in [0.1, 0.15) is 112 Å². The summed E-state index contributed by atoms with van der Waals surface area (Å²) in [6.07, 6.45) is 9.64. The summed E-state index contributed by atoms with van der Waals surface area (Å²) in [5, 5.41) is 0. The Bertz CT molecular complexity index is 1330. The summed E-state index contributed by atoms with van der Waals surface area (Å²) in [4.78, 5) is 40.9. The molecule has 8 atom stereocenters. The number of rotatable bonds is 3. The summed E-state index contributed by atoms with van der Waals surface area (Å²) in [6, 6.07) is 9.88. The Hall–Kier alpha value is -2.43. The van der Waals surface area contributed by atoms with Crippen LogP contribution >= 0.6 is 0 Å². The number of carbonyl (C=O) groups excluding carboxylic acids is 3. The monoisotopic (exact) mass is 574 g/mol. The highest BCUT2D eigenvalue weighted by molar-refractivity contribution is 5.96. The van der Waals surface area contributed by atoms with E-state index < -0.39 is 11.0 Å². The van der Waals surface area contributed by atoms with Crippen molar-refractivity contribution in [3.63, 3.8) is 0 Å². The summed E-state index contributed by atoms with van der Waals surface area (Å²) < 4.78 is 11.9. The Morgan fingerprint density at radius 3 is 2.31 bits per heavy atom. The summed E-state index contributed by atoms with van der Waals surface area (Å²) in [7, 11) is 0. The van der Waals surface area contributed by atoms with Crippen LogP contribution in [0, 0.1) is 44.8 Å². The number of carbonyl (C=O) groups is 3. The summed E-state index contributed by atoms with van der Waals surface area (Å²) >= 11 is 0. The Morgan fingerprint density at radius 2 is 1.60 bits per heavy atom. The van der Waals surface area contributed by atoms with Gasteiger partial charge < -0.3 is 9.47 Å². The zero-order chi connectivity index (χ0) is 30.3. The first-order valence-electron chi connectivity index (χ1n) is 16.3. The van der Waals surface area contributed by atoms with E-state index in [1.165, 1.54) is 5.57 Å². The molecule has 1 aromatic carbocycles. The first-order chi connectivity index (χ1) is 19.6. The predicted molar refractivity (Wildman–Crippen MR) is 162 cm³/mol. The molecule has 0 unspecified atom stereocenters. The zero-order valence-electron chi connectivity index (χ0n) is 26.8. The molecule has 0 aromatic heterocycles. The molecule has 0 bridgehead atoms. The maximum Gasteiger partial charge on any atom is 0.312 e. The number of allylic oxidation sites excluding steroid dienone is 2. The fourth-order valence-corrected chi connectivity index (χ4v) is 10.9. The van der Waals surface area contributed by atoms with Crippen molar-refractivity contribution in [2.24, 2.45) is 44.8 Å². The van der Waals surface area contributed by atoms with Crippen LogP contribution in [0.5, 0.6) is 0 Å². The van der Waals surface area contributed by atoms with Gasteiger partial charge in [-0.1, -0.05) is 63.6 Å². The van der Waals surface area contributed by atoms with E-state index in [9.17, 15) is 14.4 Å². The third-order valence-corrected chi connectivity index (χ3v) is 13.6. The molecule has 0 spiro atoms. The van der Waals surface area contributed by atoms with Crippen LogP contribution in [0.3, 0.4) is 0 Å². The molecule has 4 fully saturated rings. The maximum absolute atomic E-state index is 14.5. The molecule has 3 saturated carbocycles. The van der Waals surface area contributed by atoms with Gasteiger partial charge in [-0.2, -0.15) is 0 Å². The molecule has 0 N–H and O–H groups in total. The number of esters is 2. The molecule has 1 aromatic rings. The van der Waals surface area contributed by atoms with E-state index >= 15 is 0 Å². The lowest BCUT2D eigenvalue weighted by molar-refractivity contribution is -0.188. The van der Waals surface area contributed by atoms with Gasteiger partial charge in [0.05, 0.1) is 5.41 Å². The minimum absolute atomic E-state index is 0.0692. The SMILES string of the molecule is CC1(C)OC(=O)CC[C@]2(C)[C@H]3C(=O)C=C4[C@@H]5C[C@@](C)(C(=O)OCc6ccccc6)CC[C@]5(C)CC[C@@]4(C)[C@]3(C)CC[C@@H]12. The molecule has 0 amide bonds. The molecular weight excluding hydrogens is 524 g/mol. The average molecular weight is 575 g/mol. The van der Waals surface area contributed by atoms with Crippen LogP contribution in [-0.4, -0.2) is 23.3 Å². The van der Waals surface area contributed by atoms with Crippen molar-refractivity contribution in [2.75, 3.05) is 0 Å². The molecule has 1 heterocycles. The van der Waals surface area contributed by atoms with Gasteiger partial charge in [-0.3, -0.25) is 14.4 Å². The Balaban J connectivity index is 1.35. The van der Waals surface area contributed by atoms with E-state index in [1.54, 1.807) is 0 Å². The van der Waals surface area contributed by atoms with E-state index in [4.69, 9.17) is 9.47 Å². The van der Waals surface area contributed by atoms with Gasteiger partial charge >= 0.3 is 11.9 Å². The third kappa shape index (κ3) is 4.19. The molecule has 5 nitrogen and oxygen atoms in total. The molecule has 1 saturated heterocycles. The molecule has 4 aliphatic carbocycles. The van der Waals surface area contributed by atoms with Crippen LogP contribution in [-0.2, 0) is 30.5 Å². The predicted octanol–water partition coefficient (Wildman–Crippen LogP) is 8.01. The van der Waals surface area contributed by atoms with Gasteiger partial charge in [0, 0.05) is 18.3 Å². The van der Waals surface area contributed by atoms with Crippen molar-refractivity contribution < 1.29 is 23.9 Å². The Morgan fingerprint density at radius 1 is 0.905 bits per heavy atom. The van der Waals surface area contributed by atoms with Gasteiger partial charge in [-0.25, -0.2) is 0 Å². The number of ketones is 1. The molecule has 5 heteroatoms. The van der Waals surface area contributed by atoms with E-state index in [0.29, 0.717) is 12.8 Å². The van der Waals surface area contributed by atoms with Gasteiger partial charge in [0.2, 0.25) is 0 Å². The summed E-state index contributed by atoms with van der Waals surface area (Å²) in [6.45, 7) is 15.9. The molecule has 1 aliphatic heterocycles. The van der Waals surface area contributed by atoms with Gasteiger partial charge in [0.15, 0.2) is 5.78 Å². The minimum Gasteiger partial charge on any atom is -0.460 e. The molecular formula is C37H50O5. The second-order valence-electron chi connectivity index (χ2n) is 16.4. The summed E-state index contributed by atoms with van der Waals surface area (Å²) in [5.74, 6) is 0.125. The van der Waals surface area contributed by atoms with Gasteiger partial charge in [0.25, 0.3) is 0 Å². The largest absolute Gasteiger partial charge is 0.460 e. The van der Waals surface area contributed by atoms with Crippen molar-refractivity contribution in [1.29, 1.82) is 0 Å². The number of hydrogen-bond donors (Lipinski definition) is 0. The second-order valence-corrected chi connectivity index (χ2v) is 16.4. The molecule has 42 heavy (non-hydrogen) atoms. The average Bonchev–Trinajstić information content (AvgIpc) is 3.02. The Labute approximate surface area is 252 Å². The normalized spacial score (nSPS) is 44.3. The number of benzene rings is 1. The van der Waals surface area contributed by atoms with Gasteiger partial charge in [0.1, 0.15) is 12.2 Å². The van der Waals surface area contributed by atoms with E-state index in [1.807, 2.05) is 50.3 Å². The second kappa shape index (κ2) is 9.53. The van der Waals surface area contributed by atoms with Crippen LogP contribution in [0.2, 0.25) is 0 Å². The topological polar surface area (TPSA) is 69.7 Å². The smallest absolute Gasteiger partial charge is 0.312 e. The van der Waals surface area contributed by atoms with Crippen molar-refractivity contribution in [3.8, 4) is 0 Å². The van der Waals surface area contributed by atoms with Gasteiger partial charge in [-0.05, 0) is 111 Å². The van der Waals surface area contributed by atoms with Gasteiger partial charge in [-0.15, -0.1) is 0 Å². The van der Waals surface area contributed by atoms with Crippen molar-refractivity contribution >= 4 is 17.7 Å². The fraction of sp³-hybridized carbons (Fsp3) is 0.703. The number of cyclic esters (lactones) is 1. The molecule has 228 valence electrons. The minimum atomic E-state index is -0.592. The first kappa shape index (κ1) is 29.6. The zero-order valence-corrected chi connectivity index (χ0v) is 26.8. The van der Waals surface area contributed by atoms with Crippen molar-refractivity contribution in [2.45, 2.75) is 118 Å². The lowest BCUT2D eigenvalue weighted by atomic mass is 9.35. The molecule has 0 radical (unpaired) electrons. The highest BCUT2D eigenvalue weighted by atomic mass is 16.6. The lowest BCUT2D eigenvalue weighted by Gasteiger charge is -2.68. The standard InChI is InChI=1S/C37H50O5/c1-32(2)28-13-16-37(7)30(35(28,5)15-14-29(39)42-32)27(38)21-25-26-22-34(4,18-17-33(26,3)19-20-36(25,37)6)31(40)41-23-24-11-9-8-10-12-24/h8-12,21,26,28,30H,13-20,22-23H2,1-7H3/t26-,28-,30+,33+,34-,35-,36+,37+/m0/s1. The Kier molecular flexibility index (Phi) is 6.73. The van der Waals surface area contributed by atoms with Crippen LogP contribution in [0.4, 0.5) is 0 Å². The van der Waals surface area contributed by atoms with Crippen LogP contribution in [0.25, 0.3) is 0 Å². The summed E-state index contributed by atoms with van der Waals surface area (Å²) in [5.41, 5.74) is 0.509. The highest BCUT2D eigenvalue weighted by Gasteiger charge is 2.70. The quantitative estimate of drug-likeness (QED) is 0.342. The van der Waals surface area contributed by atoms with Crippen molar-refractivity contribution in [1.82, 2.24) is 0 Å². The molecule has 5 aliphatic rings.